The third kappa shape index (κ3) is 27.4. The molecular formula is C42H77NO11P+. The van der Waals surface area contributed by atoms with E-state index < -0.39 is 44.7 Å². The molecule has 55 heavy (non-hydrogen) atoms. The van der Waals surface area contributed by atoms with Crippen LogP contribution in [0.25, 0.3) is 0 Å². The number of Topliss-reactive ketones (excluding diaryl/α,β-unsaturated/α-hetero) is 1. The van der Waals surface area contributed by atoms with Crippen molar-refractivity contribution in [1.29, 1.82) is 0 Å². The predicted molar refractivity (Wildman–Crippen MR) is 216 cm³/mol. The lowest BCUT2D eigenvalue weighted by Crippen LogP contribution is -2.37. The zero-order valence-corrected chi connectivity index (χ0v) is 35.8. The van der Waals surface area contributed by atoms with Crippen LogP contribution >= 0.6 is 7.82 Å². The van der Waals surface area contributed by atoms with Gasteiger partial charge < -0.3 is 29.1 Å². The second-order valence-electron chi connectivity index (χ2n) is 16.2. The molecule has 0 spiro atoms. The molecule has 1 unspecified atom stereocenters. The predicted octanol–water partition coefficient (Wildman–Crippen LogP) is 8.16. The van der Waals surface area contributed by atoms with Crippen LogP contribution in [0.4, 0.5) is 0 Å². The number of quaternary nitrogens is 1. The molecular weight excluding hydrogens is 725 g/mol. The fourth-order valence-corrected chi connectivity index (χ4v) is 7.15. The second kappa shape index (κ2) is 30.2. The SMILES string of the molecule is CCCCCCCCCCCCCC(=O)OC[C@H](COP(=O)(O)OCC[N+](C)(C)C)OC(=O)CCC/C=C\C[C@H]1C(=O)C[C@@H](O)[C@@H]1/C=C/[C@@H](O)CCCCC. The average molecular weight is 803 g/mol. The van der Waals surface area contributed by atoms with Gasteiger partial charge in [0.25, 0.3) is 0 Å². The first-order valence-corrected chi connectivity index (χ1v) is 22.7. The number of hydrogen-bond donors (Lipinski definition) is 3. The Morgan fingerprint density at radius 3 is 2.07 bits per heavy atom. The van der Waals surface area contributed by atoms with E-state index in [9.17, 15) is 34.1 Å². The number of likely N-dealkylation sites (N-methyl/N-ethyl adjacent to an activating group) is 1. The summed E-state index contributed by atoms with van der Waals surface area (Å²) in [6, 6.07) is 0. The van der Waals surface area contributed by atoms with Crippen molar-refractivity contribution in [2.75, 3.05) is 47.5 Å². The van der Waals surface area contributed by atoms with E-state index in [2.05, 4.69) is 13.8 Å². The zero-order chi connectivity index (χ0) is 41.0. The van der Waals surface area contributed by atoms with E-state index in [1.54, 1.807) is 12.2 Å². The molecule has 0 aromatic heterocycles. The molecule has 0 radical (unpaired) electrons. The fraction of sp³-hybridized carbons (Fsp3) is 0.833. The summed E-state index contributed by atoms with van der Waals surface area (Å²) in [6.07, 6.45) is 23.1. The minimum Gasteiger partial charge on any atom is -0.462 e. The van der Waals surface area contributed by atoms with Gasteiger partial charge in [-0.3, -0.25) is 23.4 Å². The van der Waals surface area contributed by atoms with Gasteiger partial charge in [-0.2, -0.15) is 0 Å². The number of phosphoric acid groups is 1. The Kier molecular flexibility index (Phi) is 28.1. The molecule has 1 rings (SSSR count). The highest BCUT2D eigenvalue weighted by molar-refractivity contribution is 7.47. The number of esters is 2. The summed E-state index contributed by atoms with van der Waals surface area (Å²) < 4.78 is 34.1. The van der Waals surface area contributed by atoms with Crippen LogP contribution in [0.15, 0.2) is 24.3 Å². The summed E-state index contributed by atoms with van der Waals surface area (Å²) >= 11 is 0. The van der Waals surface area contributed by atoms with Crippen molar-refractivity contribution >= 4 is 25.5 Å². The fourth-order valence-electron chi connectivity index (χ4n) is 6.41. The van der Waals surface area contributed by atoms with Crippen molar-refractivity contribution in [2.45, 2.75) is 167 Å². The molecule has 0 aromatic rings. The van der Waals surface area contributed by atoms with E-state index in [1.807, 2.05) is 33.3 Å². The lowest BCUT2D eigenvalue weighted by molar-refractivity contribution is -0.870. The maximum absolute atomic E-state index is 12.8. The first kappa shape index (κ1) is 51.1. The molecule has 1 aliphatic carbocycles. The van der Waals surface area contributed by atoms with E-state index in [4.69, 9.17) is 18.5 Å². The van der Waals surface area contributed by atoms with Crippen molar-refractivity contribution in [3.8, 4) is 0 Å². The Morgan fingerprint density at radius 2 is 1.44 bits per heavy atom. The van der Waals surface area contributed by atoms with Crippen LogP contribution in [-0.2, 0) is 37.5 Å². The normalized spacial score (nSPS) is 19.9. The molecule has 0 bridgehead atoms. The molecule has 1 fully saturated rings. The van der Waals surface area contributed by atoms with Crippen molar-refractivity contribution in [3.63, 3.8) is 0 Å². The number of nitrogens with zero attached hydrogens (tertiary/aromatic N) is 1. The van der Waals surface area contributed by atoms with E-state index >= 15 is 0 Å². The van der Waals surface area contributed by atoms with E-state index in [0.717, 1.165) is 38.5 Å². The maximum atomic E-state index is 12.8. The van der Waals surface area contributed by atoms with Gasteiger partial charge in [-0.25, -0.2) is 4.57 Å². The molecule has 12 nitrogen and oxygen atoms in total. The minimum absolute atomic E-state index is 0.00481. The second-order valence-corrected chi connectivity index (χ2v) is 17.6. The summed E-state index contributed by atoms with van der Waals surface area (Å²) in [5.74, 6) is -1.72. The van der Waals surface area contributed by atoms with Crippen molar-refractivity contribution < 1.29 is 57.1 Å². The summed E-state index contributed by atoms with van der Waals surface area (Å²) in [5, 5.41) is 20.7. The number of hydrogen-bond acceptors (Lipinski definition) is 10. The Hall–Kier alpha value is -1.92. The van der Waals surface area contributed by atoms with Gasteiger partial charge in [0, 0.05) is 31.1 Å². The van der Waals surface area contributed by atoms with Crippen molar-refractivity contribution in [2.24, 2.45) is 11.8 Å². The smallest absolute Gasteiger partial charge is 0.462 e. The number of allylic oxidation sites excluding steroid dienone is 2. The van der Waals surface area contributed by atoms with Crippen LogP contribution < -0.4 is 0 Å². The lowest BCUT2D eigenvalue weighted by atomic mass is 9.90. The maximum Gasteiger partial charge on any atom is 0.472 e. The zero-order valence-electron chi connectivity index (χ0n) is 34.9. The number of aliphatic hydroxyl groups is 2. The van der Waals surface area contributed by atoms with E-state index in [0.29, 0.717) is 43.1 Å². The summed E-state index contributed by atoms with van der Waals surface area (Å²) in [7, 11) is 1.31. The Balaban J connectivity index is 2.56. The largest absolute Gasteiger partial charge is 0.472 e. The highest BCUT2D eigenvalue weighted by Gasteiger charge is 2.39. The number of carbonyl (C=O) groups is 3. The molecule has 0 aliphatic heterocycles. The summed E-state index contributed by atoms with van der Waals surface area (Å²) in [5.41, 5.74) is 0. The average Bonchev–Trinajstić information content (AvgIpc) is 3.39. The molecule has 6 atom stereocenters. The molecule has 1 saturated carbocycles. The highest BCUT2D eigenvalue weighted by Crippen LogP contribution is 2.43. The van der Waals surface area contributed by atoms with Crippen molar-refractivity contribution in [3.05, 3.63) is 24.3 Å². The number of ether oxygens (including phenoxy) is 2. The Morgan fingerprint density at radius 1 is 0.836 bits per heavy atom. The molecule has 0 aromatic carbocycles. The third-order valence-corrected chi connectivity index (χ3v) is 10.8. The first-order valence-electron chi connectivity index (χ1n) is 21.2. The summed E-state index contributed by atoms with van der Waals surface area (Å²) in [6.45, 7) is 3.98. The van der Waals surface area contributed by atoms with Crippen LogP contribution in [0.1, 0.15) is 149 Å². The lowest BCUT2D eigenvalue weighted by Gasteiger charge is -2.24. The molecule has 1 aliphatic rings. The van der Waals surface area contributed by atoms with E-state index in [1.165, 1.54) is 44.9 Å². The molecule has 0 amide bonds. The molecule has 3 N–H and O–H groups in total. The number of unbranched alkanes of at least 4 members (excludes halogenated alkanes) is 13. The first-order chi connectivity index (χ1) is 26.2. The molecule has 0 saturated heterocycles. The number of carbonyl (C=O) groups excluding carboxylic acids is 3. The number of aliphatic hydroxyl groups excluding tert-OH is 2. The number of phosphoric ester groups is 1. The van der Waals surface area contributed by atoms with Crippen LogP contribution in [0.2, 0.25) is 0 Å². The van der Waals surface area contributed by atoms with Gasteiger partial charge in [0.2, 0.25) is 0 Å². The Bertz CT molecular complexity index is 1150. The number of ketones is 1. The van der Waals surface area contributed by atoms with E-state index in [-0.39, 0.29) is 50.1 Å². The van der Waals surface area contributed by atoms with Gasteiger partial charge in [0.1, 0.15) is 25.5 Å². The van der Waals surface area contributed by atoms with Gasteiger partial charge in [0.15, 0.2) is 6.10 Å². The van der Waals surface area contributed by atoms with Crippen LogP contribution in [-0.4, -0.2) is 103 Å². The number of rotatable bonds is 34. The molecule has 13 heteroatoms. The molecule has 0 heterocycles. The highest BCUT2D eigenvalue weighted by atomic mass is 31.2. The standard InChI is InChI=1S/C42H76NO11P/c1-6-8-10-11-12-13-14-15-16-17-22-26-41(47)51-33-36(34-53-55(49,50)52-31-30-43(3,4)5)54-42(48)27-23-19-18-21-25-37-38(40(46)32-39(37)45)29-28-35(44)24-20-9-7-2/h18,21,28-29,35-38,40,44,46H,6-17,19-20,22-27,30-34H2,1-5H3/p+1/b21-18-,29-28+/t35-,36+,37+,38+,40+/m0/s1. The Labute approximate surface area is 332 Å². The quantitative estimate of drug-likeness (QED) is 0.0189. The van der Waals surface area contributed by atoms with Crippen LogP contribution in [0, 0.1) is 11.8 Å². The van der Waals surface area contributed by atoms with Gasteiger partial charge in [-0.1, -0.05) is 122 Å². The van der Waals surface area contributed by atoms with Crippen LogP contribution in [0.3, 0.4) is 0 Å². The van der Waals surface area contributed by atoms with Gasteiger partial charge in [0.05, 0.1) is 40.0 Å². The van der Waals surface area contributed by atoms with Crippen molar-refractivity contribution in [1.82, 2.24) is 0 Å². The third-order valence-electron chi connectivity index (χ3n) is 9.85. The summed E-state index contributed by atoms with van der Waals surface area (Å²) in [4.78, 5) is 48.0. The van der Waals surface area contributed by atoms with Gasteiger partial charge >= 0.3 is 19.8 Å². The van der Waals surface area contributed by atoms with Crippen LogP contribution in [0.5, 0.6) is 0 Å². The van der Waals surface area contributed by atoms with Gasteiger partial charge in [-0.05, 0) is 32.1 Å². The topological polar surface area (TPSA) is 166 Å². The van der Waals surface area contributed by atoms with Gasteiger partial charge in [-0.15, -0.1) is 0 Å². The monoisotopic (exact) mass is 803 g/mol. The molecule has 320 valence electrons. The minimum atomic E-state index is -4.44.